The topological polar surface area (TPSA) is 75.5 Å². The normalized spacial score (nSPS) is 18.9. The van der Waals surface area contributed by atoms with Gasteiger partial charge in [-0.25, -0.2) is 4.39 Å². The molecule has 0 spiro atoms. The zero-order valence-corrected chi connectivity index (χ0v) is 13.4. The van der Waals surface area contributed by atoms with E-state index >= 15 is 0 Å². The summed E-state index contributed by atoms with van der Waals surface area (Å²) in [5.74, 6) is -0.653. The third-order valence-corrected chi connectivity index (χ3v) is 4.05. The van der Waals surface area contributed by atoms with Crippen molar-refractivity contribution in [2.45, 2.75) is 39.3 Å². The van der Waals surface area contributed by atoms with Crippen molar-refractivity contribution in [2.24, 2.45) is 5.92 Å². The van der Waals surface area contributed by atoms with Crippen LogP contribution in [0, 0.1) is 21.8 Å². The number of nitrogens with zero attached hydrogens (tertiary/aromatic N) is 2. The Morgan fingerprint density at radius 3 is 2.91 bits per heavy atom. The third kappa shape index (κ3) is 4.48. The molecule has 7 heteroatoms. The number of nitro benzene ring substituents is 1. The van der Waals surface area contributed by atoms with Crippen molar-refractivity contribution in [3.8, 4) is 0 Å². The first kappa shape index (κ1) is 17.3. The highest BCUT2D eigenvalue weighted by Gasteiger charge is 2.26. The van der Waals surface area contributed by atoms with E-state index in [0.29, 0.717) is 6.54 Å². The van der Waals surface area contributed by atoms with Crippen LogP contribution in [0.4, 0.5) is 10.1 Å². The van der Waals surface area contributed by atoms with Gasteiger partial charge in [-0.05, 0) is 25.5 Å². The van der Waals surface area contributed by atoms with Gasteiger partial charge in [0, 0.05) is 31.1 Å². The minimum atomic E-state index is -0.562. The van der Waals surface area contributed by atoms with Gasteiger partial charge in [-0.15, -0.1) is 0 Å². The summed E-state index contributed by atoms with van der Waals surface area (Å²) in [6.07, 6.45) is 1.74. The zero-order valence-electron chi connectivity index (χ0n) is 13.4. The average Bonchev–Trinajstić information content (AvgIpc) is 2.49. The van der Waals surface area contributed by atoms with Gasteiger partial charge in [0.05, 0.1) is 10.5 Å². The van der Waals surface area contributed by atoms with Crippen LogP contribution in [-0.4, -0.2) is 34.9 Å². The molecule has 0 aliphatic carbocycles. The van der Waals surface area contributed by atoms with Crippen LogP contribution in [0.1, 0.15) is 32.3 Å². The molecule has 1 aliphatic rings. The van der Waals surface area contributed by atoms with Crippen LogP contribution in [-0.2, 0) is 11.3 Å². The number of likely N-dealkylation sites (tertiary alicyclic amines) is 1. The van der Waals surface area contributed by atoms with Crippen molar-refractivity contribution in [2.75, 3.05) is 13.1 Å². The molecule has 1 amide bonds. The van der Waals surface area contributed by atoms with Gasteiger partial charge in [0.15, 0.2) is 0 Å². The van der Waals surface area contributed by atoms with Crippen LogP contribution >= 0.6 is 0 Å². The number of hydrogen-bond donors (Lipinski definition) is 1. The summed E-state index contributed by atoms with van der Waals surface area (Å²) < 4.78 is 14.0. The molecule has 1 N–H and O–H groups in total. The first-order chi connectivity index (χ1) is 10.9. The van der Waals surface area contributed by atoms with Gasteiger partial charge < -0.3 is 5.32 Å². The summed E-state index contributed by atoms with van der Waals surface area (Å²) in [5, 5.41) is 14.0. The lowest BCUT2D eigenvalue weighted by molar-refractivity contribution is -0.386. The lowest BCUT2D eigenvalue weighted by atomic mass is 10.0. The van der Waals surface area contributed by atoms with Gasteiger partial charge in [-0.1, -0.05) is 19.9 Å². The number of piperidine rings is 1. The second kappa shape index (κ2) is 7.50. The molecule has 126 valence electrons. The molecule has 1 fully saturated rings. The number of nitrogens with one attached hydrogen (secondary N) is 1. The highest BCUT2D eigenvalue weighted by Crippen LogP contribution is 2.24. The Bertz CT molecular complexity index is 592. The van der Waals surface area contributed by atoms with Crippen LogP contribution in [0.5, 0.6) is 0 Å². The van der Waals surface area contributed by atoms with Crippen LogP contribution in [0.15, 0.2) is 18.2 Å². The summed E-state index contributed by atoms with van der Waals surface area (Å²) in [6.45, 7) is 5.15. The van der Waals surface area contributed by atoms with E-state index in [-0.39, 0.29) is 35.7 Å². The van der Waals surface area contributed by atoms with E-state index in [1.165, 1.54) is 18.2 Å². The molecular formula is C16H22FN3O3. The van der Waals surface area contributed by atoms with Crippen LogP contribution in [0.25, 0.3) is 0 Å². The quantitative estimate of drug-likeness (QED) is 0.667. The van der Waals surface area contributed by atoms with Gasteiger partial charge in [0.1, 0.15) is 5.82 Å². The minimum absolute atomic E-state index is 0.00415. The molecule has 1 heterocycles. The van der Waals surface area contributed by atoms with Gasteiger partial charge in [-0.3, -0.25) is 19.8 Å². The maximum atomic E-state index is 14.0. The third-order valence-electron chi connectivity index (χ3n) is 4.05. The fourth-order valence-corrected chi connectivity index (χ4v) is 2.78. The Kier molecular flexibility index (Phi) is 5.65. The molecule has 2 rings (SSSR count). The number of nitro groups is 1. The van der Waals surface area contributed by atoms with E-state index in [1.807, 2.05) is 18.7 Å². The summed E-state index contributed by atoms with van der Waals surface area (Å²) in [4.78, 5) is 24.3. The first-order valence-corrected chi connectivity index (χ1v) is 7.83. The number of benzene rings is 1. The second-order valence-electron chi connectivity index (χ2n) is 6.23. The van der Waals surface area contributed by atoms with Crippen molar-refractivity contribution >= 4 is 11.6 Å². The first-order valence-electron chi connectivity index (χ1n) is 7.83. The molecule has 1 aliphatic heterocycles. The molecular weight excluding hydrogens is 301 g/mol. The number of halogens is 1. The molecule has 1 aromatic rings. The highest BCUT2D eigenvalue weighted by molar-refractivity contribution is 5.78. The van der Waals surface area contributed by atoms with E-state index in [1.54, 1.807) is 0 Å². The van der Waals surface area contributed by atoms with Crippen LogP contribution < -0.4 is 5.32 Å². The van der Waals surface area contributed by atoms with Crippen molar-refractivity contribution in [1.29, 1.82) is 0 Å². The van der Waals surface area contributed by atoms with E-state index in [4.69, 9.17) is 0 Å². The van der Waals surface area contributed by atoms with E-state index in [2.05, 4.69) is 5.32 Å². The summed E-state index contributed by atoms with van der Waals surface area (Å²) >= 11 is 0. The Balaban J connectivity index is 2.06. The maximum absolute atomic E-state index is 14.0. The highest BCUT2D eigenvalue weighted by atomic mass is 19.1. The zero-order chi connectivity index (χ0) is 17.0. The number of carbonyl (C=O) groups is 1. The maximum Gasteiger partial charge on any atom is 0.276 e. The number of carbonyl (C=O) groups excluding carboxylic acids is 1. The smallest absolute Gasteiger partial charge is 0.276 e. The van der Waals surface area contributed by atoms with E-state index in [0.717, 1.165) is 19.4 Å². The monoisotopic (exact) mass is 323 g/mol. The largest absolute Gasteiger partial charge is 0.352 e. The predicted octanol–water partition coefficient (Wildman–Crippen LogP) is 2.47. The number of rotatable bonds is 5. The molecule has 0 aromatic heterocycles. The summed E-state index contributed by atoms with van der Waals surface area (Å²) in [5.41, 5.74) is -0.0910. The Labute approximate surface area is 134 Å². The average molecular weight is 323 g/mol. The molecule has 6 nitrogen and oxygen atoms in total. The molecule has 23 heavy (non-hydrogen) atoms. The van der Waals surface area contributed by atoms with Crippen molar-refractivity contribution < 1.29 is 14.1 Å². The molecule has 1 saturated heterocycles. The van der Waals surface area contributed by atoms with Gasteiger partial charge in [-0.2, -0.15) is 0 Å². The Morgan fingerprint density at radius 1 is 1.52 bits per heavy atom. The minimum Gasteiger partial charge on any atom is -0.352 e. The Hall–Kier alpha value is -2.02. The molecule has 1 aromatic carbocycles. The van der Waals surface area contributed by atoms with E-state index in [9.17, 15) is 19.3 Å². The van der Waals surface area contributed by atoms with Crippen molar-refractivity contribution in [3.05, 3.63) is 39.7 Å². The number of amides is 1. The molecule has 0 bridgehead atoms. The fraction of sp³-hybridized carbons (Fsp3) is 0.562. The van der Waals surface area contributed by atoms with Crippen LogP contribution in [0.3, 0.4) is 0 Å². The fourth-order valence-electron chi connectivity index (χ4n) is 2.78. The standard InChI is InChI=1S/C16H22FN3O3/c1-11(2)16(21)18-12-5-4-8-19(9-12)10-13-14(17)6-3-7-15(13)20(22)23/h3,6-7,11-12H,4-5,8-10H2,1-2H3,(H,18,21). The molecule has 1 unspecified atom stereocenters. The van der Waals surface area contributed by atoms with Crippen molar-refractivity contribution in [3.63, 3.8) is 0 Å². The van der Waals surface area contributed by atoms with Gasteiger partial charge in [0.2, 0.25) is 5.91 Å². The second-order valence-corrected chi connectivity index (χ2v) is 6.23. The SMILES string of the molecule is CC(C)C(=O)NC1CCCN(Cc2c(F)cccc2[N+](=O)[O-])C1. The predicted molar refractivity (Wildman–Crippen MR) is 84.3 cm³/mol. The van der Waals surface area contributed by atoms with Gasteiger partial charge in [0.25, 0.3) is 5.69 Å². The van der Waals surface area contributed by atoms with Gasteiger partial charge >= 0.3 is 0 Å². The lowest BCUT2D eigenvalue weighted by Crippen LogP contribution is -2.48. The summed E-state index contributed by atoms with van der Waals surface area (Å²) in [7, 11) is 0. The summed E-state index contributed by atoms with van der Waals surface area (Å²) in [6, 6.07) is 3.91. The molecule has 0 saturated carbocycles. The van der Waals surface area contributed by atoms with E-state index < -0.39 is 10.7 Å². The number of hydrogen-bond acceptors (Lipinski definition) is 4. The van der Waals surface area contributed by atoms with Crippen molar-refractivity contribution in [1.82, 2.24) is 10.2 Å². The molecule has 1 atom stereocenters. The lowest BCUT2D eigenvalue weighted by Gasteiger charge is -2.33. The van der Waals surface area contributed by atoms with Crippen LogP contribution in [0.2, 0.25) is 0 Å². The Morgan fingerprint density at radius 2 is 2.26 bits per heavy atom. The molecule has 0 radical (unpaired) electrons.